The van der Waals surface area contributed by atoms with Gasteiger partial charge in [-0.15, -0.1) is 0 Å². The van der Waals surface area contributed by atoms with Crippen LogP contribution in [0.4, 0.5) is 0 Å². The molecule has 1 amide bonds. The van der Waals surface area contributed by atoms with Crippen LogP contribution in [-0.4, -0.2) is 99.6 Å². The number of unbranched alkanes of at least 4 members (excludes halogenated alkanes) is 33. The average Bonchev–Trinajstić information content (AvgIpc) is 3.41. The molecule has 8 unspecified atom stereocenters. The lowest BCUT2D eigenvalue weighted by atomic mass is 9.99. The van der Waals surface area contributed by atoms with Crippen LogP contribution in [0.15, 0.2) is 48.6 Å². The molecule has 11 heteroatoms. The zero-order valence-corrected chi connectivity index (χ0v) is 48.4. The van der Waals surface area contributed by atoms with E-state index in [9.17, 15) is 35.1 Å². The van der Waals surface area contributed by atoms with E-state index in [0.717, 1.165) is 83.5 Å². The van der Waals surface area contributed by atoms with Crippen LogP contribution >= 0.6 is 0 Å². The second kappa shape index (κ2) is 52.3. The van der Waals surface area contributed by atoms with E-state index in [0.29, 0.717) is 12.8 Å². The number of ether oxygens (including phenoxy) is 3. The third-order valence-electron chi connectivity index (χ3n) is 14.7. The smallest absolute Gasteiger partial charge is 0.306 e. The summed E-state index contributed by atoms with van der Waals surface area (Å²) in [5.41, 5.74) is 0. The fourth-order valence-corrected chi connectivity index (χ4v) is 9.68. The summed E-state index contributed by atoms with van der Waals surface area (Å²) in [5.74, 6) is -1.20. The number of carbonyl (C=O) groups excluding carboxylic acids is 2. The first-order valence-corrected chi connectivity index (χ1v) is 31.4. The maximum Gasteiger partial charge on any atom is 0.306 e. The zero-order chi connectivity index (χ0) is 54.7. The van der Waals surface area contributed by atoms with Crippen LogP contribution < -0.4 is 5.32 Å². The molecule has 11 nitrogen and oxygen atoms in total. The molecule has 1 aliphatic rings. The van der Waals surface area contributed by atoms with Crippen LogP contribution in [0.1, 0.15) is 284 Å². The number of aliphatic hydroxyl groups excluding tert-OH is 5. The summed E-state index contributed by atoms with van der Waals surface area (Å²) in [4.78, 5) is 26.5. The summed E-state index contributed by atoms with van der Waals surface area (Å²) < 4.78 is 17.6. The molecule has 8 atom stereocenters. The Bertz CT molecular complexity index is 1400. The van der Waals surface area contributed by atoms with Gasteiger partial charge in [-0.2, -0.15) is 0 Å². The molecule has 0 aromatic heterocycles. The molecule has 6 N–H and O–H groups in total. The molecule has 0 aromatic carbocycles. The van der Waals surface area contributed by atoms with Gasteiger partial charge in [-0.05, 0) is 83.5 Å². The fourth-order valence-electron chi connectivity index (χ4n) is 9.68. The average molecular weight is 1060 g/mol. The predicted octanol–water partition coefficient (Wildman–Crippen LogP) is 14.8. The molecule has 1 fully saturated rings. The molecule has 0 aliphatic carbocycles. The second-order valence-corrected chi connectivity index (χ2v) is 21.8. The maximum absolute atomic E-state index is 13.4. The lowest BCUT2D eigenvalue weighted by molar-refractivity contribution is -0.305. The minimum Gasteiger partial charge on any atom is -0.454 e. The number of aliphatic hydroxyl groups is 5. The van der Waals surface area contributed by atoms with E-state index in [-0.39, 0.29) is 19.4 Å². The Labute approximate surface area is 459 Å². The minimum absolute atomic E-state index is 0.119. The summed E-state index contributed by atoms with van der Waals surface area (Å²) >= 11 is 0. The monoisotopic (exact) mass is 1060 g/mol. The number of hydrogen-bond acceptors (Lipinski definition) is 10. The first-order valence-electron chi connectivity index (χ1n) is 31.4. The van der Waals surface area contributed by atoms with Gasteiger partial charge < -0.3 is 45.1 Å². The first kappa shape index (κ1) is 70.6. The highest BCUT2D eigenvalue weighted by Crippen LogP contribution is 2.26. The van der Waals surface area contributed by atoms with Gasteiger partial charge in [-0.25, -0.2) is 0 Å². The molecule has 1 heterocycles. The molecule has 438 valence electrons. The van der Waals surface area contributed by atoms with Gasteiger partial charge in [0, 0.05) is 6.42 Å². The van der Waals surface area contributed by atoms with Crippen molar-refractivity contribution < 1.29 is 49.3 Å². The minimum atomic E-state index is -1.62. The lowest BCUT2D eigenvalue weighted by Crippen LogP contribution is -2.61. The van der Waals surface area contributed by atoms with E-state index < -0.39 is 67.4 Å². The number of amides is 1. The van der Waals surface area contributed by atoms with Gasteiger partial charge in [0.05, 0.1) is 25.4 Å². The van der Waals surface area contributed by atoms with Crippen molar-refractivity contribution in [2.45, 2.75) is 333 Å². The fraction of sp³-hybridized carbons (Fsp3) is 0.844. The molecular weight excluding hydrogens is 943 g/mol. The van der Waals surface area contributed by atoms with Gasteiger partial charge >= 0.3 is 5.97 Å². The number of hydrogen-bond donors (Lipinski definition) is 6. The lowest BCUT2D eigenvalue weighted by Gasteiger charge is -2.41. The Hall–Kier alpha value is -2.38. The third-order valence-corrected chi connectivity index (χ3v) is 14.7. The van der Waals surface area contributed by atoms with Crippen LogP contribution in [0, 0.1) is 0 Å². The quantitative estimate of drug-likeness (QED) is 0.0195. The van der Waals surface area contributed by atoms with E-state index in [1.54, 1.807) is 6.08 Å². The van der Waals surface area contributed by atoms with Gasteiger partial charge in [0.1, 0.15) is 24.4 Å². The van der Waals surface area contributed by atoms with E-state index in [1.165, 1.54) is 154 Å². The molecule has 1 saturated heterocycles. The molecular formula is C64H117NO10. The molecule has 1 aliphatic heterocycles. The highest BCUT2D eigenvalue weighted by molar-refractivity contribution is 5.80. The number of nitrogens with one attached hydrogen (secondary N) is 1. The molecule has 0 bridgehead atoms. The molecule has 75 heavy (non-hydrogen) atoms. The SMILES string of the molecule is CCCCC/C=C\C/C=C\CCCCCCCCCCCC(=O)OC1C(OCC(NC(=O)C(O)CCCCCCCC/C=C\CCCCCC)C(O)/C=C/CCCCCCCCCCCCC)OC(CO)C(O)C1O. The first-order chi connectivity index (χ1) is 36.7. The molecule has 0 aromatic rings. The van der Waals surface area contributed by atoms with Crippen LogP contribution in [-0.2, 0) is 23.8 Å². The van der Waals surface area contributed by atoms with E-state index in [2.05, 4.69) is 62.5 Å². The van der Waals surface area contributed by atoms with Gasteiger partial charge in [0.25, 0.3) is 0 Å². The van der Waals surface area contributed by atoms with Crippen molar-refractivity contribution in [1.29, 1.82) is 0 Å². The largest absolute Gasteiger partial charge is 0.454 e. The normalized spacial score (nSPS) is 19.5. The number of rotatable bonds is 53. The van der Waals surface area contributed by atoms with Crippen molar-refractivity contribution >= 4 is 11.9 Å². The van der Waals surface area contributed by atoms with Crippen molar-refractivity contribution in [1.82, 2.24) is 5.32 Å². The van der Waals surface area contributed by atoms with Crippen molar-refractivity contribution in [3.8, 4) is 0 Å². The van der Waals surface area contributed by atoms with Gasteiger partial charge in [0.15, 0.2) is 12.4 Å². The zero-order valence-electron chi connectivity index (χ0n) is 48.4. The Balaban J connectivity index is 2.68. The Kier molecular flexibility index (Phi) is 49.3. The summed E-state index contributed by atoms with van der Waals surface area (Å²) in [6.45, 7) is 5.76. The van der Waals surface area contributed by atoms with Gasteiger partial charge in [-0.3, -0.25) is 9.59 Å². The summed E-state index contributed by atoms with van der Waals surface area (Å²) in [5, 5.41) is 57.0. The number of allylic oxidation sites excluding steroid dienone is 7. The molecule has 1 rings (SSSR count). The summed E-state index contributed by atoms with van der Waals surface area (Å²) in [6.07, 6.45) is 52.8. The van der Waals surface area contributed by atoms with E-state index in [1.807, 2.05) is 6.08 Å². The van der Waals surface area contributed by atoms with Crippen LogP contribution in [0.5, 0.6) is 0 Å². The Morgan fingerprint density at radius 2 is 0.920 bits per heavy atom. The summed E-state index contributed by atoms with van der Waals surface area (Å²) in [6, 6.07) is -1.03. The van der Waals surface area contributed by atoms with Crippen LogP contribution in [0.25, 0.3) is 0 Å². The molecule has 0 spiro atoms. The Morgan fingerprint density at radius 3 is 1.41 bits per heavy atom. The van der Waals surface area contributed by atoms with Crippen molar-refractivity contribution in [3.63, 3.8) is 0 Å². The maximum atomic E-state index is 13.4. The highest BCUT2D eigenvalue weighted by Gasteiger charge is 2.47. The van der Waals surface area contributed by atoms with E-state index in [4.69, 9.17) is 14.2 Å². The van der Waals surface area contributed by atoms with Crippen molar-refractivity contribution in [2.24, 2.45) is 0 Å². The second-order valence-electron chi connectivity index (χ2n) is 21.8. The molecule has 0 radical (unpaired) electrons. The predicted molar refractivity (Wildman–Crippen MR) is 310 cm³/mol. The number of esters is 1. The summed E-state index contributed by atoms with van der Waals surface area (Å²) in [7, 11) is 0. The van der Waals surface area contributed by atoms with Gasteiger partial charge in [0.2, 0.25) is 5.91 Å². The van der Waals surface area contributed by atoms with Crippen LogP contribution in [0.2, 0.25) is 0 Å². The van der Waals surface area contributed by atoms with Crippen LogP contribution in [0.3, 0.4) is 0 Å². The molecule has 0 saturated carbocycles. The topological polar surface area (TPSA) is 175 Å². The third kappa shape index (κ3) is 40.5. The Morgan fingerprint density at radius 1 is 0.520 bits per heavy atom. The van der Waals surface area contributed by atoms with Crippen molar-refractivity contribution in [2.75, 3.05) is 13.2 Å². The number of carbonyl (C=O) groups is 2. The standard InChI is InChI=1S/C64H117NO10/c1-4-7-10-13-16-19-22-25-27-28-29-30-31-34-37-40-43-46-49-52-59(69)75-62-61(71)60(70)58(53-66)74-64(62)73-54-55(56(67)50-47-44-41-38-35-32-24-21-18-15-12-9-6-3)65-63(72)57(68)51-48-45-42-39-36-33-26-23-20-17-14-11-8-5-2/h16,19-20,23,25,27,47,50,55-58,60-62,64,66-68,70-71H,4-15,17-18,21-22,24,26,28-46,48-49,51-54H2,1-3H3,(H,65,72)/b19-16-,23-20-,27-25-,50-47+. The van der Waals surface area contributed by atoms with Gasteiger partial charge in [-0.1, -0.05) is 243 Å². The van der Waals surface area contributed by atoms with E-state index >= 15 is 0 Å². The highest BCUT2D eigenvalue weighted by atomic mass is 16.7. The van der Waals surface area contributed by atoms with Crippen molar-refractivity contribution in [3.05, 3.63) is 48.6 Å².